The number of para-hydroxylation sites is 1. The van der Waals surface area contributed by atoms with E-state index in [0.29, 0.717) is 19.8 Å². The van der Waals surface area contributed by atoms with Crippen LogP contribution in [-0.2, 0) is 47.4 Å². The summed E-state index contributed by atoms with van der Waals surface area (Å²) in [6.45, 7) is 19.1. The van der Waals surface area contributed by atoms with E-state index in [1.54, 1.807) is 0 Å². The summed E-state index contributed by atoms with van der Waals surface area (Å²) < 4.78 is 39.8. The van der Waals surface area contributed by atoms with Gasteiger partial charge in [0.1, 0.15) is 12.4 Å². The van der Waals surface area contributed by atoms with E-state index >= 15 is 0 Å². The quantitative estimate of drug-likeness (QED) is 0.363. The molecule has 0 saturated carbocycles. The monoisotopic (exact) mass is 422 g/mol. The van der Waals surface area contributed by atoms with Crippen molar-refractivity contribution in [2.45, 2.75) is 26.7 Å². The van der Waals surface area contributed by atoms with Gasteiger partial charge < -0.3 is 14.2 Å². The average molecular weight is 422 g/mol. The average Bonchev–Trinajstić information content (AvgIpc) is 2.77. The Morgan fingerprint density at radius 3 is 1.71 bits per heavy atom. The second kappa shape index (κ2) is 23.0. The van der Waals surface area contributed by atoms with Gasteiger partial charge in [-0.1, -0.05) is 48.5 Å². The summed E-state index contributed by atoms with van der Waals surface area (Å²) in [5.41, 5.74) is 2.06. The van der Waals surface area contributed by atoms with Gasteiger partial charge in [-0.3, -0.25) is 0 Å². The van der Waals surface area contributed by atoms with Crippen molar-refractivity contribution >= 4 is 0 Å². The van der Waals surface area contributed by atoms with Gasteiger partial charge in [0.15, 0.2) is 6.29 Å². The minimum Gasteiger partial charge on any atom is 0 e. The maximum atomic E-state index is 7.50. The zero-order chi connectivity index (χ0) is 20.9. The summed E-state index contributed by atoms with van der Waals surface area (Å²) in [5, 5.41) is 0. The summed E-state index contributed by atoms with van der Waals surface area (Å²) in [7, 11) is 0. The third kappa shape index (κ3) is 12.3. The fourth-order valence-corrected chi connectivity index (χ4v) is 2.07. The Morgan fingerprint density at radius 2 is 1.21 bits per heavy atom. The minimum absolute atomic E-state index is 0. The van der Waals surface area contributed by atoms with Crippen LogP contribution in [0.15, 0.2) is 54.6 Å². The molecule has 28 heavy (non-hydrogen) atoms. The molecule has 2 aromatic carbocycles. The molecule has 0 fully saturated rings. The first kappa shape index (κ1) is 30.6. The Bertz CT molecular complexity index is 634. The molecule has 0 spiro atoms. The molecule has 0 radical (unpaired) electrons. The standard InChI is InChI=1S/C18H22O3.3CO.Cr/c1-3-19-18(20-4-2)16-12-8-9-13-17(16)21-14-15-10-6-5-7-11-15;3*1-2;/h5-13,18H,3-4,14H2,1-2H3;;;;. The van der Waals surface area contributed by atoms with E-state index in [9.17, 15) is 0 Å². The largest absolute Gasteiger partial charge is 0 e. The first-order valence-corrected chi connectivity index (χ1v) is 7.95. The van der Waals surface area contributed by atoms with E-state index in [2.05, 4.69) is 20.0 Å². The third-order valence-electron chi connectivity index (χ3n) is 3.05. The summed E-state index contributed by atoms with van der Waals surface area (Å²) in [5.74, 6) is 0.799. The van der Waals surface area contributed by atoms with E-state index < -0.39 is 0 Å². The summed E-state index contributed by atoms with van der Waals surface area (Å²) in [6, 6.07) is 18.0. The number of hydrogen-bond donors (Lipinski definition) is 0. The number of ether oxygens (including phenoxy) is 3. The first-order valence-electron chi connectivity index (χ1n) is 7.95. The van der Waals surface area contributed by atoms with E-state index in [0.717, 1.165) is 16.9 Å². The Morgan fingerprint density at radius 1 is 0.750 bits per heavy atom. The minimum atomic E-state index is -0.382. The number of rotatable bonds is 8. The molecule has 6 nitrogen and oxygen atoms in total. The van der Waals surface area contributed by atoms with Crippen molar-refractivity contribution in [3.63, 3.8) is 0 Å². The molecule has 0 aromatic heterocycles. The van der Waals surface area contributed by atoms with Gasteiger partial charge in [0.05, 0.1) is 0 Å². The van der Waals surface area contributed by atoms with E-state index in [1.807, 2.05) is 68.4 Å². The van der Waals surface area contributed by atoms with Crippen LogP contribution in [0.4, 0.5) is 0 Å². The second-order valence-corrected chi connectivity index (χ2v) is 4.55. The van der Waals surface area contributed by atoms with Crippen LogP contribution in [0.25, 0.3) is 0 Å². The third-order valence-corrected chi connectivity index (χ3v) is 3.05. The van der Waals surface area contributed by atoms with Crippen molar-refractivity contribution in [1.82, 2.24) is 0 Å². The van der Waals surface area contributed by atoms with E-state index in [1.165, 1.54) is 0 Å². The molecule has 2 aromatic rings. The van der Waals surface area contributed by atoms with E-state index in [4.69, 9.17) is 28.2 Å². The number of hydrogen-bond acceptors (Lipinski definition) is 3. The molecule has 0 saturated heterocycles. The van der Waals surface area contributed by atoms with Gasteiger partial charge in [0.25, 0.3) is 0 Å². The molecule has 0 amide bonds. The van der Waals surface area contributed by atoms with Crippen LogP contribution >= 0.6 is 0 Å². The van der Waals surface area contributed by atoms with Crippen molar-refractivity contribution in [3.05, 3.63) is 85.7 Å². The maximum absolute atomic E-state index is 7.50. The smallest absolute Gasteiger partial charge is 0 e. The van der Waals surface area contributed by atoms with Gasteiger partial charge in [0, 0.05) is 36.1 Å². The predicted molar refractivity (Wildman–Crippen MR) is 95.0 cm³/mol. The van der Waals surface area contributed by atoms with Gasteiger partial charge >= 0.3 is 33.9 Å². The summed E-state index contributed by atoms with van der Waals surface area (Å²) in [6.07, 6.45) is -0.382. The van der Waals surface area contributed by atoms with Gasteiger partial charge in [-0.25, -0.2) is 0 Å². The Balaban J connectivity index is -0.000000815. The molecular formula is C21H22CrO6. The molecule has 0 atom stereocenters. The molecule has 7 heteroatoms. The van der Waals surface area contributed by atoms with Crippen molar-refractivity contribution in [2.24, 2.45) is 0 Å². The van der Waals surface area contributed by atoms with Crippen molar-refractivity contribution in [1.29, 1.82) is 0 Å². The van der Waals surface area contributed by atoms with Crippen LogP contribution in [0.5, 0.6) is 5.75 Å². The van der Waals surface area contributed by atoms with Gasteiger partial charge in [-0.15, -0.1) is 0 Å². The molecule has 0 aliphatic carbocycles. The van der Waals surface area contributed by atoms with Crippen LogP contribution in [-0.4, -0.2) is 13.2 Å². The number of benzene rings is 2. The molecular weight excluding hydrogens is 400 g/mol. The molecule has 2 rings (SSSR count). The van der Waals surface area contributed by atoms with Crippen molar-refractivity contribution in [2.75, 3.05) is 13.2 Å². The Labute approximate surface area is 177 Å². The zero-order valence-corrected chi connectivity index (χ0v) is 17.0. The molecule has 148 valence electrons. The molecule has 0 N–H and O–H groups in total. The van der Waals surface area contributed by atoms with Crippen LogP contribution in [0.1, 0.15) is 31.3 Å². The fraction of sp³-hybridized carbons (Fsp3) is 0.286. The van der Waals surface area contributed by atoms with Crippen LogP contribution in [0, 0.1) is 20.0 Å². The van der Waals surface area contributed by atoms with Gasteiger partial charge in [-0.05, 0) is 25.5 Å². The second-order valence-electron chi connectivity index (χ2n) is 4.55. The predicted octanol–water partition coefficient (Wildman–Crippen LogP) is 4.22. The topological polar surface area (TPSA) is 87.4 Å². The first-order chi connectivity index (χ1) is 13.3. The maximum Gasteiger partial charge on any atom is 0 e. The van der Waals surface area contributed by atoms with Crippen LogP contribution in [0.3, 0.4) is 0 Å². The van der Waals surface area contributed by atoms with Crippen molar-refractivity contribution < 1.29 is 45.5 Å². The molecule has 0 unspecified atom stereocenters. The molecule has 0 aliphatic rings. The van der Waals surface area contributed by atoms with Crippen LogP contribution < -0.4 is 4.74 Å². The van der Waals surface area contributed by atoms with Crippen LogP contribution in [0.2, 0.25) is 0 Å². The SMILES string of the molecule is CCOC(OCC)c1ccccc1OCc1ccccc1.[C-]#[O+].[C-]#[O+].[C-]#[O+].[Cr]. The zero-order valence-electron chi connectivity index (χ0n) is 15.8. The Kier molecular flexibility index (Phi) is 25.1. The normalized spacial score (nSPS) is 8.32. The van der Waals surface area contributed by atoms with Crippen molar-refractivity contribution in [3.8, 4) is 5.75 Å². The molecule has 0 bridgehead atoms. The molecule has 0 aliphatic heterocycles. The summed E-state index contributed by atoms with van der Waals surface area (Å²) >= 11 is 0. The van der Waals surface area contributed by atoms with E-state index in [-0.39, 0.29) is 23.7 Å². The van der Waals surface area contributed by atoms with Gasteiger partial charge in [0.2, 0.25) is 0 Å². The Hall–Kier alpha value is -2.09. The molecule has 0 heterocycles. The summed E-state index contributed by atoms with van der Waals surface area (Å²) in [4.78, 5) is 0. The van der Waals surface area contributed by atoms with Gasteiger partial charge in [-0.2, -0.15) is 0 Å². The fourth-order valence-electron chi connectivity index (χ4n) is 2.07.